The Morgan fingerprint density at radius 3 is 2.84 bits per heavy atom. The molecular formula is C13H15BrN2O3. The average Bonchev–Trinajstić information content (AvgIpc) is 2.87. The zero-order chi connectivity index (χ0) is 13.8. The van der Waals surface area contributed by atoms with E-state index in [1.165, 1.54) is 4.90 Å². The van der Waals surface area contributed by atoms with Gasteiger partial charge >= 0.3 is 12.0 Å². The van der Waals surface area contributed by atoms with Crippen molar-refractivity contribution in [1.82, 2.24) is 10.2 Å². The normalized spacial score (nSPS) is 18.4. The molecule has 1 aliphatic heterocycles. The van der Waals surface area contributed by atoms with Gasteiger partial charge < -0.3 is 15.3 Å². The van der Waals surface area contributed by atoms with Crippen LogP contribution in [0.2, 0.25) is 0 Å². The van der Waals surface area contributed by atoms with Gasteiger partial charge in [-0.05, 0) is 24.5 Å². The molecule has 19 heavy (non-hydrogen) atoms. The van der Waals surface area contributed by atoms with Gasteiger partial charge in [0.05, 0.1) is 0 Å². The van der Waals surface area contributed by atoms with Gasteiger partial charge in [0, 0.05) is 17.6 Å². The number of urea groups is 1. The molecule has 2 amide bonds. The number of hydrogen-bond acceptors (Lipinski definition) is 2. The third-order valence-corrected chi connectivity index (χ3v) is 3.96. The van der Waals surface area contributed by atoms with Gasteiger partial charge in [-0.3, -0.25) is 0 Å². The van der Waals surface area contributed by atoms with Gasteiger partial charge in [0.15, 0.2) is 0 Å². The molecule has 1 aromatic rings. The molecule has 1 aromatic carbocycles. The molecule has 0 bridgehead atoms. The molecule has 0 aromatic heterocycles. The summed E-state index contributed by atoms with van der Waals surface area (Å²) in [6.07, 6.45) is 1.26. The van der Waals surface area contributed by atoms with Crippen molar-refractivity contribution in [1.29, 1.82) is 0 Å². The maximum absolute atomic E-state index is 12.0. The molecule has 2 rings (SSSR count). The highest BCUT2D eigenvalue weighted by Crippen LogP contribution is 2.18. The number of halogens is 1. The summed E-state index contributed by atoms with van der Waals surface area (Å²) in [4.78, 5) is 24.4. The average molecular weight is 327 g/mol. The maximum Gasteiger partial charge on any atom is 0.326 e. The number of nitrogens with zero attached hydrogens (tertiary/aromatic N) is 1. The second-order valence-corrected chi connectivity index (χ2v) is 5.29. The SMILES string of the molecule is O=C(O)[C@H]1CCCN1C(=O)NCc1ccccc1Br. The number of aliphatic carboxylic acids is 1. The summed E-state index contributed by atoms with van der Waals surface area (Å²) in [5, 5.41) is 11.8. The Bertz CT molecular complexity index is 493. The Morgan fingerprint density at radius 2 is 2.16 bits per heavy atom. The van der Waals surface area contributed by atoms with E-state index >= 15 is 0 Å². The van der Waals surface area contributed by atoms with Crippen molar-refractivity contribution in [3.05, 3.63) is 34.3 Å². The minimum atomic E-state index is -0.937. The molecule has 5 nitrogen and oxygen atoms in total. The lowest BCUT2D eigenvalue weighted by atomic mass is 10.2. The van der Waals surface area contributed by atoms with Crippen molar-refractivity contribution in [2.45, 2.75) is 25.4 Å². The predicted molar refractivity (Wildman–Crippen MR) is 73.7 cm³/mol. The molecule has 0 radical (unpaired) electrons. The number of hydrogen-bond donors (Lipinski definition) is 2. The van der Waals surface area contributed by atoms with Gasteiger partial charge in [0.2, 0.25) is 0 Å². The van der Waals surface area contributed by atoms with Crippen molar-refractivity contribution in [3.8, 4) is 0 Å². The number of carbonyl (C=O) groups is 2. The molecule has 0 unspecified atom stereocenters. The van der Waals surface area contributed by atoms with Crippen LogP contribution in [0.1, 0.15) is 18.4 Å². The van der Waals surface area contributed by atoms with Crippen molar-refractivity contribution in [3.63, 3.8) is 0 Å². The molecule has 0 saturated carbocycles. The quantitative estimate of drug-likeness (QED) is 0.894. The lowest BCUT2D eigenvalue weighted by Gasteiger charge is -2.22. The maximum atomic E-state index is 12.0. The summed E-state index contributed by atoms with van der Waals surface area (Å²) in [6.45, 7) is 0.877. The molecule has 0 spiro atoms. The zero-order valence-electron chi connectivity index (χ0n) is 10.3. The Labute approximate surface area is 119 Å². The van der Waals surface area contributed by atoms with E-state index < -0.39 is 12.0 Å². The van der Waals surface area contributed by atoms with Gasteiger partial charge in [-0.2, -0.15) is 0 Å². The van der Waals surface area contributed by atoms with Crippen LogP contribution in [-0.2, 0) is 11.3 Å². The smallest absolute Gasteiger partial charge is 0.326 e. The van der Waals surface area contributed by atoms with Gasteiger partial charge in [0.25, 0.3) is 0 Å². The third kappa shape index (κ3) is 3.26. The molecule has 1 fully saturated rings. The van der Waals surface area contributed by atoms with Gasteiger partial charge in [-0.25, -0.2) is 9.59 Å². The molecule has 0 aliphatic carbocycles. The number of amides is 2. The first-order chi connectivity index (χ1) is 9.09. The number of rotatable bonds is 3. The molecule has 1 saturated heterocycles. The number of carboxylic acids is 1. The highest BCUT2D eigenvalue weighted by molar-refractivity contribution is 9.10. The van der Waals surface area contributed by atoms with Crippen molar-refractivity contribution in [2.75, 3.05) is 6.54 Å². The molecule has 1 heterocycles. The Morgan fingerprint density at radius 1 is 1.42 bits per heavy atom. The lowest BCUT2D eigenvalue weighted by Crippen LogP contribution is -2.45. The summed E-state index contributed by atoms with van der Waals surface area (Å²) in [5.74, 6) is -0.937. The first kappa shape index (κ1) is 13.9. The zero-order valence-corrected chi connectivity index (χ0v) is 11.9. The van der Waals surface area contributed by atoms with Crippen molar-refractivity contribution >= 4 is 27.9 Å². The number of carboxylic acid groups (broad SMARTS) is 1. The van der Waals surface area contributed by atoms with E-state index in [2.05, 4.69) is 21.2 Å². The predicted octanol–water partition coefficient (Wildman–Crippen LogP) is 2.21. The number of likely N-dealkylation sites (tertiary alicyclic amines) is 1. The van der Waals surface area contributed by atoms with Crippen LogP contribution in [0.3, 0.4) is 0 Å². The second kappa shape index (κ2) is 6.06. The largest absolute Gasteiger partial charge is 0.480 e. The van der Waals surface area contributed by atoms with E-state index in [9.17, 15) is 9.59 Å². The summed E-state index contributed by atoms with van der Waals surface area (Å²) >= 11 is 3.41. The Balaban J connectivity index is 1.95. The summed E-state index contributed by atoms with van der Waals surface area (Å²) in [7, 11) is 0. The van der Waals surface area contributed by atoms with Crippen molar-refractivity contribution < 1.29 is 14.7 Å². The van der Waals surface area contributed by atoms with E-state index in [1.807, 2.05) is 24.3 Å². The lowest BCUT2D eigenvalue weighted by molar-refractivity contribution is -0.141. The molecule has 6 heteroatoms. The first-order valence-corrected chi connectivity index (χ1v) is 6.89. The van der Waals surface area contributed by atoms with E-state index in [1.54, 1.807) is 0 Å². The van der Waals surface area contributed by atoms with Gasteiger partial charge in [-0.15, -0.1) is 0 Å². The fourth-order valence-corrected chi connectivity index (χ4v) is 2.61. The number of benzene rings is 1. The summed E-state index contributed by atoms with van der Waals surface area (Å²) in [5.41, 5.74) is 0.960. The minimum absolute atomic E-state index is 0.319. The monoisotopic (exact) mass is 326 g/mol. The minimum Gasteiger partial charge on any atom is -0.480 e. The molecule has 1 atom stereocenters. The van der Waals surface area contributed by atoms with E-state index in [0.29, 0.717) is 19.5 Å². The Hall–Kier alpha value is -1.56. The van der Waals surface area contributed by atoms with Crippen LogP contribution in [0.25, 0.3) is 0 Å². The summed E-state index contributed by atoms with van der Waals surface area (Å²) in [6, 6.07) is 6.58. The first-order valence-electron chi connectivity index (χ1n) is 6.10. The van der Waals surface area contributed by atoms with Crippen LogP contribution in [-0.4, -0.2) is 34.6 Å². The fourth-order valence-electron chi connectivity index (χ4n) is 2.18. The molecular weight excluding hydrogens is 312 g/mol. The standard InChI is InChI=1S/C13H15BrN2O3/c14-10-5-2-1-4-9(10)8-15-13(19)16-7-3-6-11(16)12(17)18/h1-2,4-5,11H,3,6-8H2,(H,15,19)(H,17,18)/t11-/m1/s1. The Kier molecular flexibility index (Phi) is 4.42. The van der Waals surface area contributed by atoms with Crippen LogP contribution < -0.4 is 5.32 Å². The van der Waals surface area contributed by atoms with Crippen LogP contribution >= 0.6 is 15.9 Å². The summed E-state index contributed by atoms with van der Waals surface area (Å²) < 4.78 is 0.923. The molecule has 102 valence electrons. The molecule has 2 N–H and O–H groups in total. The highest BCUT2D eigenvalue weighted by Gasteiger charge is 2.33. The number of carbonyl (C=O) groups excluding carboxylic acids is 1. The fraction of sp³-hybridized carbons (Fsp3) is 0.385. The van der Waals surface area contributed by atoms with Crippen LogP contribution in [0.5, 0.6) is 0 Å². The van der Waals surface area contributed by atoms with Crippen molar-refractivity contribution in [2.24, 2.45) is 0 Å². The van der Waals surface area contributed by atoms with Crippen LogP contribution in [0.4, 0.5) is 4.79 Å². The van der Waals surface area contributed by atoms with E-state index in [4.69, 9.17) is 5.11 Å². The van der Waals surface area contributed by atoms with E-state index in [-0.39, 0.29) is 6.03 Å². The topological polar surface area (TPSA) is 69.6 Å². The number of nitrogens with one attached hydrogen (secondary N) is 1. The van der Waals surface area contributed by atoms with E-state index in [0.717, 1.165) is 16.5 Å². The van der Waals surface area contributed by atoms with Gasteiger partial charge in [-0.1, -0.05) is 34.1 Å². The van der Waals surface area contributed by atoms with Crippen LogP contribution in [0, 0.1) is 0 Å². The van der Waals surface area contributed by atoms with Crippen LogP contribution in [0.15, 0.2) is 28.7 Å². The van der Waals surface area contributed by atoms with Gasteiger partial charge in [0.1, 0.15) is 6.04 Å². The highest BCUT2D eigenvalue weighted by atomic mass is 79.9. The third-order valence-electron chi connectivity index (χ3n) is 3.19. The molecule has 1 aliphatic rings. The second-order valence-electron chi connectivity index (χ2n) is 4.44.